The number of methoxy groups -OCH3 is 1. The molecule has 104 valence electrons. The van der Waals surface area contributed by atoms with E-state index in [2.05, 4.69) is 5.32 Å². The molecule has 0 radical (unpaired) electrons. The van der Waals surface area contributed by atoms with Crippen LogP contribution in [0.4, 0.5) is 0 Å². The summed E-state index contributed by atoms with van der Waals surface area (Å²) in [5, 5.41) is 10.2. The lowest BCUT2D eigenvalue weighted by Gasteiger charge is -2.25. The summed E-state index contributed by atoms with van der Waals surface area (Å²) in [5.41, 5.74) is 6.53. The minimum atomic E-state index is -0.384. The summed E-state index contributed by atoms with van der Waals surface area (Å²) in [5.74, 6) is -0.0325. The third-order valence-electron chi connectivity index (χ3n) is 2.61. The highest BCUT2D eigenvalue weighted by Gasteiger charge is 2.20. The monoisotopic (exact) mass is 263 g/mol. The third-order valence-corrected chi connectivity index (χ3v) is 2.61. The van der Waals surface area contributed by atoms with Gasteiger partial charge in [-0.25, -0.2) is 0 Å². The zero-order valence-electron chi connectivity index (χ0n) is 11.6. The average molecular weight is 263 g/mol. The number of nitrogens with two attached hydrogens (primary N) is 1. The van der Waals surface area contributed by atoms with Gasteiger partial charge in [-0.1, -0.05) is 24.3 Å². The second-order valence-electron chi connectivity index (χ2n) is 5.15. The van der Waals surface area contributed by atoms with E-state index in [-0.39, 0.29) is 17.3 Å². The molecule has 1 aromatic rings. The molecule has 0 aliphatic carbocycles. The molecule has 1 rings (SSSR count). The van der Waals surface area contributed by atoms with Gasteiger partial charge in [0.2, 0.25) is 5.91 Å². The lowest BCUT2D eigenvalue weighted by molar-refractivity contribution is -0.122. The van der Waals surface area contributed by atoms with E-state index >= 15 is 0 Å². The first kappa shape index (κ1) is 15.2. The first-order valence-electron chi connectivity index (χ1n) is 6.07. The summed E-state index contributed by atoms with van der Waals surface area (Å²) in [6.07, 6.45) is 0.297. The van der Waals surface area contributed by atoms with Gasteiger partial charge >= 0.3 is 0 Å². The molecule has 0 saturated heterocycles. The molecule has 0 spiro atoms. The first-order valence-corrected chi connectivity index (χ1v) is 6.07. The summed E-state index contributed by atoms with van der Waals surface area (Å²) in [6, 6.07) is 7.09. The van der Waals surface area contributed by atoms with Crippen LogP contribution in [0.15, 0.2) is 24.3 Å². The maximum Gasteiger partial charge on any atom is 0.224 e. The summed E-state index contributed by atoms with van der Waals surface area (Å²) >= 11 is 0. The largest absolute Gasteiger partial charge is 0.384 e. The van der Waals surface area contributed by atoms with E-state index < -0.39 is 0 Å². The van der Waals surface area contributed by atoms with Crippen molar-refractivity contribution in [3.05, 3.63) is 35.4 Å². The van der Waals surface area contributed by atoms with Gasteiger partial charge in [0.05, 0.1) is 18.6 Å². The van der Waals surface area contributed by atoms with Crippen molar-refractivity contribution in [3.63, 3.8) is 0 Å². The molecule has 0 heterocycles. The van der Waals surface area contributed by atoms with Gasteiger partial charge in [-0.2, -0.15) is 0 Å². The molecule has 0 unspecified atom stereocenters. The van der Waals surface area contributed by atoms with Crippen LogP contribution in [0, 0.1) is 5.41 Å². The normalized spacial score (nSPS) is 11.1. The van der Waals surface area contributed by atoms with Crippen molar-refractivity contribution in [1.82, 2.24) is 5.32 Å². The van der Waals surface area contributed by atoms with Gasteiger partial charge in [-0.3, -0.25) is 10.2 Å². The van der Waals surface area contributed by atoms with Crippen molar-refractivity contribution in [2.24, 2.45) is 5.73 Å². The molecular formula is C14H21N3O2. The molecule has 1 aromatic carbocycles. The minimum absolute atomic E-state index is 0.0252. The SMILES string of the molecule is COCC(C)(C)NC(=O)Cc1ccc(C(=N)N)cc1. The lowest BCUT2D eigenvalue weighted by atomic mass is 10.0. The van der Waals surface area contributed by atoms with Crippen LogP contribution >= 0.6 is 0 Å². The average Bonchev–Trinajstić information content (AvgIpc) is 2.28. The van der Waals surface area contributed by atoms with E-state index in [1.165, 1.54) is 0 Å². The quantitative estimate of drug-likeness (QED) is 0.529. The topological polar surface area (TPSA) is 88.2 Å². The van der Waals surface area contributed by atoms with E-state index in [0.29, 0.717) is 18.6 Å². The Bertz CT molecular complexity index is 452. The number of amidine groups is 1. The number of hydrogen-bond donors (Lipinski definition) is 3. The zero-order chi connectivity index (χ0) is 14.5. The van der Waals surface area contributed by atoms with Crippen LogP contribution in [0.5, 0.6) is 0 Å². The number of nitrogens with one attached hydrogen (secondary N) is 2. The maximum atomic E-state index is 11.9. The van der Waals surface area contributed by atoms with Crippen molar-refractivity contribution >= 4 is 11.7 Å². The van der Waals surface area contributed by atoms with E-state index in [0.717, 1.165) is 5.56 Å². The van der Waals surface area contributed by atoms with Gasteiger partial charge in [0, 0.05) is 12.7 Å². The Morgan fingerprint density at radius 2 is 1.95 bits per heavy atom. The van der Waals surface area contributed by atoms with Gasteiger partial charge in [-0.05, 0) is 19.4 Å². The number of carbonyl (C=O) groups excluding carboxylic acids is 1. The highest BCUT2D eigenvalue weighted by Crippen LogP contribution is 2.07. The Morgan fingerprint density at radius 3 is 2.42 bits per heavy atom. The van der Waals surface area contributed by atoms with E-state index in [4.69, 9.17) is 15.9 Å². The van der Waals surface area contributed by atoms with Crippen LogP contribution in [-0.2, 0) is 16.0 Å². The van der Waals surface area contributed by atoms with Crippen LogP contribution in [0.3, 0.4) is 0 Å². The number of hydrogen-bond acceptors (Lipinski definition) is 3. The number of rotatable bonds is 6. The molecule has 19 heavy (non-hydrogen) atoms. The third kappa shape index (κ3) is 5.09. The Labute approximate surface area is 113 Å². The fraction of sp³-hybridized carbons (Fsp3) is 0.429. The van der Waals surface area contributed by atoms with Crippen LogP contribution in [0.25, 0.3) is 0 Å². The number of amides is 1. The molecule has 4 N–H and O–H groups in total. The lowest BCUT2D eigenvalue weighted by Crippen LogP contribution is -2.47. The molecule has 0 aromatic heterocycles. The van der Waals surface area contributed by atoms with Crippen LogP contribution in [-0.4, -0.2) is 31.0 Å². The predicted molar refractivity (Wildman–Crippen MR) is 75.3 cm³/mol. The fourth-order valence-corrected chi connectivity index (χ4v) is 1.81. The maximum absolute atomic E-state index is 11.9. The Morgan fingerprint density at radius 1 is 1.37 bits per heavy atom. The molecule has 1 amide bonds. The standard InChI is InChI=1S/C14H21N3O2/c1-14(2,9-19-3)17-12(18)8-10-4-6-11(7-5-10)13(15)16/h4-7H,8-9H2,1-3H3,(H3,15,16)(H,17,18). The van der Waals surface area contributed by atoms with Gasteiger partial charge < -0.3 is 15.8 Å². The van der Waals surface area contributed by atoms with Crippen LogP contribution in [0.1, 0.15) is 25.0 Å². The summed E-state index contributed by atoms with van der Waals surface area (Å²) < 4.78 is 5.05. The van der Waals surface area contributed by atoms with Gasteiger partial charge in [0.1, 0.15) is 5.84 Å². The highest BCUT2D eigenvalue weighted by molar-refractivity contribution is 5.95. The molecule has 0 fully saturated rings. The minimum Gasteiger partial charge on any atom is -0.384 e. The van der Waals surface area contributed by atoms with E-state index in [1.807, 2.05) is 13.8 Å². The molecule has 0 bridgehead atoms. The molecule has 5 nitrogen and oxygen atoms in total. The van der Waals surface area contributed by atoms with Crippen LogP contribution in [0.2, 0.25) is 0 Å². The molecule has 5 heteroatoms. The number of benzene rings is 1. The number of nitrogen functional groups attached to an aromatic ring is 1. The van der Waals surface area contributed by atoms with Crippen LogP contribution < -0.4 is 11.1 Å². The summed E-state index contributed by atoms with van der Waals surface area (Å²) in [4.78, 5) is 11.9. The Hall–Kier alpha value is -1.88. The second-order valence-corrected chi connectivity index (χ2v) is 5.15. The highest BCUT2D eigenvalue weighted by atomic mass is 16.5. The molecule has 0 atom stereocenters. The molecule has 0 saturated carbocycles. The second kappa shape index (κ2) is 6.33. The molecule has 0 aliphatic rings. The number of ether oxygens (including phenoxy) is 1. The summed E-state index contributed by atoms with van der Waals surface area (Å²) in [6.45, 7) is 4.28. The smallest absolute Gasteiger partial charge is 0.224 e. The van der Waals surface area contributed by atoms with Crippen molar-refractivity contribution in [2.45, 2.75) is 25.8 Å². The van der Waals surface area contributed by atoms with Crippen molar-refractivity contribution in [2.75, 3.05) is 13.7 Å². The van der Waals surface area contributed by atoms with E-state index in [9.17, 15) is 4.79 Å². The molecule has 0 aliphatic heterocycles. The van der Waals surface area contributed by atoms with Gasteiger partial charge in [-0.15, -0.1) is 0 Å². The Kier molecular flexibility index (Phi) is 5.06. The fourth-order valence-electron chi connectivity index (χ4n) is 1.81. The summed E-state index contributed by atoms with van der Waals surface area (Å²) in [7, 11) is 1.61. The molecular weight excluding hydrogens is 242 g/mol. The zero-order valence-corrected chi connectivity index (χ0v) is 11.6. The van der Waals surface area contributed by atoms with Gasteiger partial charge in [0.25, 0.3) is 0 Å². The Balaban J connectivity index is 2.59. The van der Waals surface area contributed by atoms with E-state index in [1.54, 1.807) is 31.4 Å². The predicted octanol–water partition coefficient (Wildman–Crippen LogP) is 1.05. The van der Waals surface area contributed by atoms with Crippen molar-refractivity contribution in [3.8, 4) is 0 Å². The van der Waals surface area contributed by atoms with Gasteiger partial charge in [0.15, 0.2) is 0 Å². The number of carbonyl (C=O) groups is 1. The van der Waals surface area contributed by atoms with Crippen molar-refractivity contribution < 1.29 is 9.53 Å². The first-order chi connectivity index (χ1) is 8.84. The van der Waals surface area contributed by atoms with Crippen molar-refractivity contribution in [1.29, 1.82) is 5.41 Å².